The molecule has 21 heavy (non-hydrogen) atoms. The summed E-state index contributed by atoms with van der Waals surface area (Å²) >= 11 is 0. The smallest absolute Gasteiger partial charge is 0.333 e. The topological polar surface area (TPSA) is 26.3 Å². The molecule has 0 heterocycles. The fraction of sp³-hybridized carbons (Fsp3) is 0.842. The van der Waals surface area contributed by atoms with Crippen LogP contribution in [0.3, 0.4) is 0 Å². The van der Waals surface area contributed by atoms with Crippen molar-refractivity contribution in [3.05, 3.63) is 12.2 Å². The molecule has 0 aromatic rings. The lowest BCUT2D eigenvalue weighted by Gasteiger charge is -2.43. The van der Waals surface area contributed by atoms with E-state index in [2.05, 4.69) is 6.58 Å². The maximum Gasteiger partial charge on any atom is 0.333 e. The van der Waals surface area contributed by atoms with Crippen LogP contribution in [0, 0.1) is 23.7 Å². The highest BCUT2D eigenvalue weighted by atomic mass is 16.5. The van der Waals surface area contributed by atoms with E-state index >= 15 is 0 Å². The van der Waals surface area contributed by atoms with Crippen molar-refractivity contribution in [1.82, 2.24) is 0 Å². The maximum absolute atomic E-state index is 12.1. The van der Waals surface area contributed by atoms with E-state index in [1.807, 2.05) is 0 Å². The molecule has 3 saturated carbocycles. The molecule has 3 aliphatic rings. The Morgan fingerprint density at radius 3 is 2.14 bits per heavy atom. The van der Waals surface area contributed by atoms with Gasteiger partial charge in [-0.1, -0.05) is 38.7 Å². The number of rotatable bonds is 4. The molecule has 0 saturated heterocycles. The van der Waals surface area contributed by atoms with E-state index < -0.39 is 0 Å². The summed E-state index contributed by atoms with van der Waals surface area (Å²) in [4.78, 5) is 12.1. The van der Waals surface area contributed by atoms with E-state index in [0.717, 1.165) is 11.8 Å². The monoisotopic (exact) mass is 290 g/mol. The first-order valence-electron chi connectivity index (χ1n) is 9.00. The van der Waals surface area contributed by atoms with Gasteiger partial charge in [-0.05, 0) is 62.7 Å². The van der Waals surface area contributed by atoms with Crippen LogP contribution < -0.4 is 0 Å². The quantitative estimate of drug-likeness (QED) is 0.545. The number of carbonyl (C=O) groups excluding carboxylic acids is 1. The zero-order valence-electron chi connectivity index (χ0n) is 13.5. The van der Waals surface area contributed by atoms with Crippen LogP contribution in [0.25, 0.3) is 0 Å². The minimum Gasteiger partial charge on any atom is -0.458 e. The van der Waals surface area contributed by atoms with Gasteiger partial charge in [0, 0.05) is 5.57 Å². The fourth-order valence-corrected chi connectivity index (χ4v) is 5.14. The van der Waals surface area contributed by atoms with Crippen LogP contribution in [0.2, 0.25) is 0 Å². The lowest BCUT2D eigenvalue weighted by molar-refractivity contribution is -0.152. The van der Waals surface area contributed by atoms with Gasteiger partial charge in [0.15, 0.2) is 0 Å². The number of carbonyl (C=O) groups is 1. The maximum atomic E-state index is 12.1. The molecule has 0 N–H and O–H groups in total. The summed E-state index contributed by atoms with van der Waals surface area (Å²) in [5.41, 5.74) is 0.550. The Labute approximate surface area is 129 Å². The molecule has 3 atom stereocenters. The van der Waals surface area contributed by atoms with Crippen LogP contribution in [0.1, 0.15) is 71.1 Å². The van der Waals surface area contributed by atoms with Crippen molar-refractivity contribution in [2.45, 2.75) is 77.2 Å². The van der Waals surface area contributed by atoms with E-state index in [9.17, 15) is 4.79 Å². The second kappa shape index (κ2) is 6.54. The second-order valence-electron chi connectivity index (χ2n) is 7.82. The molecule has 3 aliphatic carbocycles. The summed E-state index contributed by atoms with van der Waals surface area (Å²) < 4.78 is 5.96. The lowest BCUT2D eigenvalue weighted by Crippen LogP contribution is -2.39. The number of fused-ring (bicyclic) bond motifs is 2. The van der Waals surface area contributed by atoms with Gasteiger partial charge in [0.25, 0.3) is 0 Å². The van der Waals surface area contributed by atoms with Crippen LogP contribution in [0.4, 0.5) is 0 Å². The van der Waals surface area contributed by atoms with E-state index in [1.165, 1.54) is 64.2 Å². The number of hydrogen-bond donors (Lipinski definition) is 0. The van der Waals surface area contributed by atoms with Crippen LogP contribution in [-0.2, 0) is 9.53 Å². The fourth-order valence-electron chi connectivity index (χ4n) is 5.14. The highest BCUT2D eigenvalue weighted by molar-refractivity contribution is 5.87. The highest BCUT2D eigenvalue weighted by Crippen LogP contribution is 2.47. The Balaban J connectivity index is 1.71. The first-order chi connectivity index (χ1) is 10.1. The molecule has 0 aromatic carbocycles. The SMILES string of the molecule is C=C(C)C(=O)OC(C1CCCC1)C1CC2CCCC(C2)C1. The first kappa shape index (κ1) is 15.1. The third-order valence-corrected chi connectivity index (χ3v) is 6.08. The molecular weight excluding hydrogens is 260 g/mol. The summed E-state index contributed by atoms with van der Waals surface area (Å²) in [6, 6.07) is 0. The standard InChI is InChI=1S/C19H30O2/c1-13(2)19(20)21-18(16-8-3-4-9-16)17-11-14-6-5-7-15(10-14)12-17/h14-18H,1,3-12H2,2H3. The Kier molecular flexibility index (Phi) is 4.71. The van der Waals surface area contributed by atoms with Crippen LogP contribution >= 0.6 is 0 Å². The molecule has 3 unspecified atom stereocenters. The van der Waals surface area contributed by atoms with Crippen LogP contribution in [0.15, 0.2) is 12.2 Å². The van der Waals surface area contributed by atoms with Crippen LogP contribution in [-0.4, -0.2) is 12.1 Å². The number of hydrogen-bond acceptors (Lipinski definition) is 2. The van der Waals surface area contributed by atoms with Gasteiger partial charge >= 0.3 is 5.97 Å². The molecule has 2 heteroatoms. The number of ether oxygens (including phenoxy) is 1. The van der Waals surface area contributed by atoms with E-state index in [-0.39, 0.29) is 12.1 Å². The average Bonchev–Trinajstić information content (AvgIpc) is 2.97. The van der Waals surface area contributed by atoms with Crippen molar-refractivity contribution in [1.29, 1.82) is 0 Å². The zero-order valence-corrected chi connectivity index (χ0v) is 13.5. The van der Waals surface area contributed by atoms with Crippen molar-refractivity contribution in [3.63, 3.8) is 0 Å². The third kappa shape index (κ3) is 3.52. The predicted molar refractivity (Wildman–Crippen MR) is 84.8 cm³/mol. The molecule has 3 fully saturated rings. The minimum absolute atomic E-state index is 0.164. The summed E-state index contributed by atoms with van der Waals surface area (Å²) in [6.45, 7) is 5.53. The van der Waals surface area contributed by atoms with Crippen molar-refractivity contribution in [3.8, 4) is 0 Å². The molecule has 0 aliphatic heterocycles. The minimum atomic E-state index is -0.164. The van der Waals surface area contributed by atoms with Gasteiger partial charge in [0.2, 0.25) is 0 Å². The van der Waals surface area contributed by atoms with Crippen LogP contribution in [0.5, 0.6) is 0 Å². The van der Waals surface area contributed by atoms with Crippen molar-refractivity contribution < 1.29 is 9.53 Å². The highest BCUT2D eigenvalue weighted by Gasteiger charge is 2.40. The van der Waals surface area contributed by atoms with Gasteiger partial charge < -0.3 is 4.74 Å². The molecule has 0 amide bonds. The summed E-state index contributed by atoms with van der Waals surface area (Å²) in [5.74, 6) is 2.85. The van der Waals surface area contributed by atoms with Gasteiger partial charge in [0.1, 0.15) is 6.10 Å². The third-order valence-electron chi connectivity index (χ3n) is 6.08. The Hall–Kier alpha value is -0.790. The average molecular weight is 290 g/mol. The number of esters is 1. The van der Waals surface area contributed by atoms with Gasteiger partial charge in [-0.2, -0.15) is 0 Å². The molecule has 2 nitrogen and oxygen atoms in total. The predicted octanol–water partition coefficient (Wildman–Crippen LogP) is 4.88. The second-order valence-corrected chi connectivity index (χ2v) is 7.82. The molecule has 0 spiro atoms. The van der Waals surface area contributed by atoms with Gasteiger partial charge in [-0.3, -0.25) is 0 Å². The van der Waals surface area contributed by atoms with Gasteiger partial charge in [-0.15, -0.1) is 0 Å². The van der Waals surface area contributed by atoms with Crippen molar-refractivity contribution in [2.75, 3.05) is 0 Å². The molecule has 0 aromatic heterocycles. The molecule has 3 rings (SSSR count). The van der Waals surface area contributed by atoms with Gasteiger partial charge in [0.05, 0.1) is 0 Å². The summed E-state index contributed by atoms with van der Waals surface area (Å²) in [6.07, 6.45) is 13.5. The lowest BCUT2D eigenvalue weighted by atomic mass is 9.65. The normalized spacial score (nSPS) is 34.4. The zero-order chi connectivity index (χ0) is 14.8. The summed E-state index contributed by atoms with van der Waals surface area (Å²) in [7, 11) is 0. The Bertz CT molecular complexity index is 382. The van der Waals surface area contributed by atoms with Gasteiger partial charge in [-0.25, -0.2) is 4.79 Å². The molecular formula is C19H30O2. The molecule has 2 bridgehead atoms. The largest absolute Gasteiger partial charge is 0.458 e. The van der Waals surface area contributed by atoms with Crippen molar-refractivity contribution in [2.24, 2.45) is 23.7 Å². The summed E-state index contributed by atoms with van der Waals surface area (Å²) in [5, 5.41) is 0. The Morgan fingerprint density at radius 1 is 0.952 bits per heavy atom. The Morgan fingerprint density at radius 2 is 1.57 bits per heavy atom. The van der Waals surface area contributed by atoms with E-state index in [1.54, 1.807) is 6.92 Å². The van der Waals surface area contributed by atoms with E-state index in [0.29, 0.717) is 17.4 Å². The first-order valence-corrected chi connectivity index (χ1v) is 9.00. The molecule has 0 radical (unpaired) electrons. The van der Waals surface area contributed by atoms with E-state index in [4.69, 9.17) is 4.74 Å². The molecule has 118 valence electrons. The van der Waals surface area contributed by atoms with Crippen molar-refractivity contribution >= 4 is 5.97 Å².